The second-order valence-corrected chi connectivity index (χ2v) is 2.85. The lowest BCUT2D eigenvalue weighted by molar-refractivity contribution is -0.118. The van der Waals surface area contributed by atoms with Crippen LogP contribution in [0.3, 0.4) is 0 Å². The fourth-order valence-corrected chi connectivity index (χ4v) is 0.879. The van der Waals surface area contributed by atoms with Crippen LogP contribution in [-0.4, -0.2) is 5.91 Å². The van der Waals surface area contributed by atoms with Crippen LogP contribution in [0.15, 0.2) is 24.4 Å². The third-order valence-electron chi connectivity index (χ3n) is 1.76. The second-order valence-electron chi connectivity index (χ2n) is 2.85. The number of allylic oxidation sites excluding steroid dienone is 3. The van der Waals surface area contributed by atoms with Gasteiger partial charge in [-0.25, -0.2) is 0 Å². The zero-order chi connectivity index (χ0) is 9.56. The van der Waals surface area contributed by atoms with Crippen molar-refractivity contribution >= 4 is 5.91 Å². The van der Waals surface area contributed by atoms with Crippen LogP contribution in [-0.2, 0) is 4.79 Å². The molecule has 1 N–H and O–H groups in total. The van der Waals surface area contributed by atoms with Gasteiger partial charge in [-0.3, -0.25) is 4.79 Å². The molecule has 0 aromatic rings. The molecule has 12 heavy (non-hydrogen) atoms. The van der Waals surface area contributed by atoms with Crippen molar-refractivity contribution in [2.24, 2.45) is 5.92 Å². The lowest BCUT2D eigenvalue weighted by Crippen LogP contribution is -2.23. The third kappa shape index (κ3) is 3.96. The molecule has 0 spiro atoms. The monoisotopic (exact) mass is 167 g/mol. The maximum absolute atomic E-state index is 10.8. The molecular weight excluding hydrogens is 150 g/mol. The Kier molecular flexibility index (Phi) is 5.09. The average Bonchev–Trinajstić information content (AvgIpc) is 2.01. The van der Waals surface area contributed by atoms with Crippen LogP contribution >= 0.6 is 0 Å². The van der Waals surface area contributed by atoms with E-state index in [9.17, 15) is 4.79 Å². The SMILES string of the molecule is C=C/C=C(/NC(C)=O)C(C)CC. The van der Waals surface area contributed by atoms with Crippen molar-refractivity contribution < 1.29 is 4.79 Å². The van der Waals surface area contributed by atoms with Gasteiger partial charge in [0.2, 0.25) is 5.91 Å². The van der Waals surface area contributed by atoms with Crippen molar-refractivity contribution in [3.63, 3.8) is 0 Å². The summed E-state index contributed by atoms with van der Waals surface area (Å²) in [6.07, 6.45) is 4.55. The molecule has 1 atom stereocenters. The number of nitrogens with one attached hydrogen (secondary N) is 1. The first kappa shape index (κ1) is 11.0. The summed E-state index contributed by atoms with van der Waals surface area (Å²) in [5.41, 5.74) is 0.944. The van der Waals surface area contributed by atoms with Gasteiger partial charge in [0.1, 0.15) is 0 Å². The van der Waals surface area contributed by atoms with Crippen LogP contribution in [0.2, 0.25) is 0 Å². The minimum Gasteiger partial charge on any atom is -0.330 e. The van der Waals surface area contributed by atoms with Crippen molar-refractivity contribution in [1.29, 1.82) is 0 Å². The van der Waals surface area contributed by atoms with Gasteiger partial charge in [-0.15, -0.1) is 0 Å². The minimum atomic E-state index is -0.0246. The number of carbonyl (C=O) groups is 1. The van der Waals surface area contributed by atoms with E-state index in [0.29, 0.717) is 5.92 Å². The molecule has 68 valence electrons. The Labute approximate surface area is 74.4 Å². The van der Waals surface area contributed by atoms with Gasteiger partial charge >= 0.3 is 0 Å². The normalized spacial score (nSPS) is 13.8. The fraction of sp³-hybridized carbons (Fsp3) is 0.500. The summed E-state index contributed by atoms with van der Waals surface area (Å²) < 4.78 is 0. The van der Waals surface area contributed by atoms with Crippen LogP contribution in [0.25, 0.3) is 0 Å². The number of rotatable bonds is 4. The molecule has 2 heteroatoms. The Hall–Kier alpha value is -1.05. The quantitative estimate of drug-likeness (QED) is 0.639. The van der Waals surface area contributed by atoms with Crippen molar-refractivity contribution in [2.75, 3.05) is 0 Å². The van der Waals surface area contributed by atoms with Gasteiger partial charge in [0.25, 0.3) is 0 Å². The molecule has 0 bridgehead atoms. The van der Waals surface area contributed by atoms with Crippen LogP contribution in [0.1, 0.15) is 27.2 Å². The minimum absolute atomic E-state index is 0.0246. The average molecular weight is 167 g/mol. The van der Waals surface area contributed by atoms with Crippen LogP contribution in [0.5, 0.6) is 0 Å². The van der Waals surface area contributed by atoms with E-state index in [2.05, 4.69) is 25.7 Å². The number of carbonyl (C=O) groups excluding carboxylic acids is 1. The van der Waals surface area contributed by atoms with E-state index in [4.69, 9.17) is 0 Å². The molecule has 0 radical (unpaired) electrons. The standard InChI is InChI=1S/C10H17NO/c1-5-7-10(8(3)6-2)11-9(4)12/h5,7-8H,1,6H2,2-4H3,(H,11,12)/b10-7+. The summed E-state index contributed by atoms with van der Waals surface area (Å²) >= 11 is 0. The van der Waals surface area contributed by atoms with Crippen molar-refractivity contribution in [1.82, 2.24) is 5.32 Å². The number of hydrogen-bond acceptors (Lipinski definition) is 1. The van der Waals surface area contributed by atoms with Gasteiger partial charge in [-0.1, -0.05) is 26.5 Å². The molecule has 0 fully saturated rings. The van der Waals surface area contributed by atoms with Crippen molar-refractivity contribution in [3.05, 3.63) is 24.4 Å². The Morgan fingerprint density at radius 1 is 1.67 bits per heavy atom. The summed E-state index contributed by atoms with van der Waals surface area (Å²) in [6, 6.07) is 0. The Morgan fingerprint density at radius 2 is 2.25 bits per heavy atom. The Morgan fingerprint density at radius 3 is 2.58 bits per heavy atom. The maximum Gasteiger partial charge on any atom is 0.221 e. The van der Waals surface area contributed by atoms with E-state index in [0.717, 1.165) is 12.1 Å². The smallest absolute Gasteiger partial charge is 0.221 e. The Bertz CT molecular complexity index is 194. The van der Waals surface area contributed by atoms with Gasteiger partial charge < -0.3 is 5.32 Å². The largest absolute Gasteiger partial charge is 0.330 e. The lowest BCUT2D eigenvalue weighted by atomic mass is 10.0. The molecule has 0 saturated heterocycles. The predicted molar refractivity (Wildman–Crippen MR) is 51.6 cm³/mol. The molecule has 1 unspecified atom stereocenters. The highest BCUT2D eigenvalue weighted by molar-refractivity contribution is 5.75. The van der Waals surface area contributed by atoms with E-state index in [-0.39, 0.29) is 5.91 Å². The van der Waals surface area contributed by atoms with Gasteiger partial charge in [-0.2, -0.15) is 0 Å². The first-order valence-corrected chi connectivity index (χ1v) is 4.22. The van der Waals surface area contributed by atoms with E-state index >= 15 is 0 Å². The number of hydrogen-bond donors (Lipinski definition) is 1. The van der Waals surface area contributed by atoms with Gasteiger partial charge in [0.15, 0.2) is 0 Å². The summed E-state index contributed by atoms with van der Waals surface area (Å²) in [5, 5.41) is 2.78. The van der Waals surface area contributed by atoms with Gasteiger partial charge in [0.05, 0.1) is 0 Å². The molecular formula is C10H17NO. The van der Waals surface area contributed by atoms with E-state index in [1.807, 2.05) is 6.08 Å². The van der Waals surface area contributed by atoms with Crippen LogP contribution in [0, 0.1) is 5.92 Å². The highest BCUT2D eigenvalue weighted by atomic mass is 16.1. The van der Waals surface area contributed by atoms with E-state index < -0.39 is 0 Å². The van der Waals surface area contributed by atoms with Crippen molar-refractivity contribution in [2.45, 2.75) is 27.2 Å². The summed E-state index contributed by atoms with van der Waals surface area (Å²) in [5.74, 6) is 0.357. The molecule has 0 aliphatic carbocycles. The molecule has 0 aromatic heterocycles. The summed E-state index contributed by atoms with van der Waals surface area (Å²) in [7, 11) is 0. The molecule has 0 rings (SSSR count). The molecule has 1 amide bonds. The zero-order valence-corrected chi connectivity index (χ0v) is 8.05. The third-order valence-corrected chi connectivity index (χ3v) is 1.76. The second kappa shape index (κ2) is 5.58. The Balaban J connectivity index is 4.33. The van der Waals surface area contributed by atoms with Gasteiger partial charge in [0, 0.05) is 12.6 Å². The molecule has 0 heterocycles. The van der Waals surface area contributed by atoms with Gasteiger partial charge in [-0.05, 0) is 18.4 Å². The molecule has 0 saturated carbocycles. The molecule has 0 aliphatic rings. The molecule has 0 aromatic carbocycles. The highest BCUT2D eigenvalue weighted by Crippen LogP contribution is 2.10. The first-order chi connectivity index (χ1) is 5.61. The zero-order valence-electron chi connectivity index (χ0n) is 8.05. The molecule has 2 nitrogen and oxygen atoms in total. The van der Waals surface area contributed by atoms with Crippen LogP contribution < -0.4 is 5.32 Å². The summed E-state index contributed by atoms with van der Waals surface area (Å²) in [6.45, 7) is 9.27. The lowest BCUT2D eigenvalue weighted by Gasteiger charge is -2.13. The topological polar surface area (TPSA) is 29.1 Å². The molecule has 0 aliphatic heterocycles. The van der Waals surface area contributed by atoms with E-state index in [1.54, 1.807) is 6.08 Å². The highest BCUT2D eigenvalue weighted by Gasteiger charge is 2.06. The van der Waals surface area contributed by atoms with Crippen LogP contribution in [0.4, 0.5) is 0 Å². The predicted octanol–water partition coefficient (Wildman–Crippen LogP) is 2.24. The maximum atomic E-state index is 10.8. The number of amides is 1. The summed E-state index contributed by atoms with van der Waals surface area (Å²) in [4.78, 5) is 10.8. The van der Waals surface area contributed by atoms with Crippen molar-refractivity contribution in [3.8, 4) is 0 Å². The first-order valence-electron chi connectivity index (χ1n) is 4.22. The van der Waals surface area contributed by atoms with E-state index in [1.165, 1.54) is 6.92 Å². The fourth-order valence-electron chi connectivity index (χ4n) is 0.879.